The van der Waals surface area contributed by atoms with Crippen LogP contribution >= 0.6 is 0 Å². The van der Waals surface area contributed by atoms with Crippen molar-refractivity contribution < 1.29 is 57.0 Å². The van der Waals surface area contributed by atoms with Crippen LogP contribution in [0.3, 0.4) is 0 Å². The lowest BCUT2D eigenvalue weighted by atomic mass is 10.1. The number of phenolic OH excluding ortho intramolecular Hbond substituents is 1. The Morgan fingerprint density at radius 2 is 1.17 bits per heavy atom. The molecule has 46 heavy (non-hydrogen) atoms. The summed E-state index contributed by atoms with van der Waals surface area (Å²) < 4.78 is 134. The van der Waals surface area contributed by atoms with Crippen LogP contribution in [0.15, 0.2) is 94.8 Å². The third-order valence-corrected chi connectivity index (χ3v) is 9.30. The lowest BCUT2D eigenvalue weighted by Gasteiger charge is -2.12. The molecule has 0 saturated carbocycles. The summed E-state index contributed by atoms with van der Waals surface area (Å²) in [7, 11) is -20.3. The van der Waals surface area contributed by atoms with Gasteiger partial charge in [0.25, 0.3) is 40.5 Å². The van der Waals surface area contributed by atoms with E-state index in [0.29, 0.717) is 12.1 Å². The van der Waals surface area contributed by atoms with Gasteiger partial charge in [0.15, 0.2) is 0 Å². The minimum Gasteiger partial charge on any atom is -0.505 e. The van der Waals surface area contributed by atoms with Gasteiger partial charge in [-0.05, 0) is 61.0 Å². The predicted molar refractivity (Wildman–Crippen MR) is 161 cm³/mol. The summed E-state index contributed by atoms with van der Waals surface area (Å²) in [5.41, 5.74) is 7.24. The molecule has 0 atom stereocenters. The number of hydrogen-bond acceptors (Lipinski definition) is 15. The van der Waals surface area contributed by atoms with Gasteiger partial charge in [-0.2, -0.15) is 33.7 Å². The quantitative estimate of drug-likeness (QED) is 0.0682. The van der Waals surface area contributed by atoms with Crippen LogP contribution in [-0.2, 0) is 40.5 Å². The molecule has 3 aromatic carbocycles. The van der Waals surface area contributed by atoms with Gasteiger partial charge < -0.3 is 16.6 Å². The zero-order chi connectivity index (χ0) is 35.0. The third-order valence-electron chi connectivity index (χ3n) is 5.72. The van der Waals surface area contributed by atoms with Gasteiger partial charge in [-0.15, -0.1) is 20.5 Å². The summed E-state index contributed by atoms with van der Waals surface area (Å²) >= 11 is 0. The Bertz CT molecular complexity index is 2320. The number of phenols is 1. The standard InChI is InChI=1S/C23H22N6O13S4/c1-11-13(7-20(45(37,38)39)12(2)26-27-16-9-14(24)3-5-18(16)43(31,32)33)8-21(46(40,41)42)22(23(11)30)29-28-17-10-15(25)4-6-19(17)44(34,35)36/h3-10,30H,2,24-25H2,1H3,(H,31,32,33)(H,34,35,36)(H,37,38,39)(H,40,41,42)/b20-7+,27-26+,29-28+. The largest absolute Gasteiger partial charge is 0.505 e. The summed E-state index contributed by atoms with van der Waals surface area (Å²) in [5, 5.41) is 24.8. The molecule has 0 spiro atoms. The van der Waals surface area contributed by atoms with E-state index in [1.807, 2.05) is 0 Å². The number of nitrogens with two attached hydrogens (primary N) is 2. The molecule has 0 bridgehead atoms. The molecule has 19 nitrogen and oxygen atoms in total. The van der Waals surface area contributed by atoms with E-state index in [1.165, 1.54) is 0 Å². The number of aromatic hydroxyl groups is 1. The highest BCUT2D eigenvalue weighted by Crippen LogP contribution is 2.41. The highest BCUT2D eigenvalue weighted by molar-refractivity contribution is 7.90. The van der Waals surface area contributed by atoms with E-state index >= 15 is 0 Å². The summed E-state index contributed by atoms with van der Waals surface area (Å²) in [4.78, 5) is -3.94. The molecule has 3 aromatic rings. The SMILES string of the molecule is C=C(/N=N/c1cc(N)ccc1S(=O)(=O)O)/C(=C\c1cc(S(=O)(=O)O)c(/N=N/c2cc(N)ccc2S(=O)(=O)O)c(O)c1C)S(=O)(=O)O. The Labute approximate surface area is 261 Å². The molecule has 0 aliphatic carbocycles. The molecular weight excluding hydrogens is 697 g/mol. The van der Waals surface area contributed by atoms with Crippen molar-refractivity contribution in [2.75, 3.05) is 11.5 Å². The van der Waals surface area contributed by atoms with Crippen molar-refractivity contribution in [3.63, 3.8) is 0 Å². The molecule has 9 N–H and O–H groups in total. The number of nitrogen functional groups attached to an aromatic ring is 2. The van der Waals surface area contributed by atoms with Crippen LogP contribution in [0.5, 0.6) is 5.75 Å². The number of nitrogens with zero attached hydrogens (tertiary/aromatic N) is 4. The average molecular weight is 719 g/mol. The first-order chi connectivity index (χ1) is 20.9. The van der Waals surface area contributed by atoms with E-state index < -0.39 is 94.1 Å². The van der Waals surface area contributed by atoms with Gasteiger partial charge in [0, 0.05) is 16.9 Å². The number of anilines is 2. The van der Waals surface area contributed by atoms with Crippen LogP contribution in [0.25, 0.3) is 6.08 Å². The van der Waals surface area contributed by atoms with Crippen LogP contribution in [0.2, 0.25) is 0 Å². The van der Waals surface area contributed by atoms with Crippen molar-refractivity contribution in [3.8, 4) is 5.75 Å². The van der Waals surface area contributed by atoms with Gasteiger partial charge >= 0.3 is 0 Å². The van der Waals surface area contributed by atoms with Crippen LogP contribution in [0, 0.1) is 6.92 Å². The number of azo groups is 2. The summed E-state index contributed by atoms with van der Waals surface area (Å²) in [6, 6.07) is 6.41. The van der Waals surface area contributed by atoms with E-state index in [1.54, 1.807) is 0 Å². The normalized spacial score (nSPS) is 13.5. The van der Waals surface area contributed by atoms with Gasteiger partial charge in [0.2, 0.25) is 0 Å². The zero-order valence-corrected chi connectivity index (χ0v) is 26.2. The maximum absolute atomic E-state index is 12.2. The van der Waals surface area contributed by atoms with Crippen molar-refractivity contribution >= 4 is 75.0 Å². The average Bonchev–Trinajstić information content (AvgIpc) is 2.89. The van der Waals surface area contributed by atoms with Gasteiger partial charge in [-0.25, -0.2) is 0 Å². The van der Waals surface area contributed by atoms with Crippen molar-refractivity contribution in [1.29, 1.82) is 0 Å². The fourth-order valence-corrected chi connectivity index (χ4v) is 6.05. The molecule has 0 amide bonds. The second-order valence-corrected chi connectivity index (χ2v) is 14.6. The van der Waals surface area contributed by atoms with Gasteiger partial charge in [0.05, 0.1) is 5.70 Å². The first-order valence-corrected chi connectivity index (χ1v) is 17.5. The van der Waals surface area contributed by atoms with E-state index in [0.717, 1.165) is 43.3 Å². The van der Waals surface area contributed by atoms with Crippen LogP contribution in [-0.4, -0.2) is 57.0 Å². The molecule has 246 valence electrons. The van der Waals surface area contributed by atoms with Gasteiger partial charge in [0.1, 0.15) is 42.4 Å². The molecule has 0 fully saturated rings. The van der Waals surface area contributed by atoms with Crippen molar-refractivity contribution in [3.05, 3.63) is 70.8 Å². The molecule has 0 unspecified atom stereocenters. The first-order valence-electron chi connectivity index (χ1n) is 11.7. The molecule has 0 aliphatic rings. The smallest absolute Gasteiger partial charge is 0.296 e. The maximum Gasteiger partial charge on any atom is 0.296 e. The molecular formula is C23H22N6O13S4. The minimum atomic E-state index is -5.31. The molecule has 0 radical (unpaired) electrons. The Morgan fingerprint density at radius 1 is 0.717 bits per heavy atom. The Balaban J connectivity index is 2.24. The van der Waals surface area contributed by atoms with E-state index in [-0.39, 0.29) is 16.9 Å². The number of benzene rings is 3. The Kier molecular flexibility index (Phi) is 9.85. The fraction of sp³-hybridized carbons (Fsp3) is 0.0435. The minimum absolute atomic E-state index is 0.0384. The van der Waals surface area contributed by atoms with Gasteiger partial charge in [-0.1, -0.05) is 6.58 Å². The van der Waals surface area contributed by atoms with Crippen molar-refractivity contribution in [1.82, 2.24) is 0 Å². The van der Waals surface area contributed by atoms with Crippen molar-refractivity contribution in [2.24, 2.45) is 20.5 Å². The van der Waals surface area contributed by atoms with Crippen LogP contribution in [0.4, 0.5) is 28.4 Å². The maximum atomic E-state index is 12.2. The molecule has 0 saturated heterocycles. The lowest BCUT2D eigenvalue weighted by Crippen LogP contribution is -2.05. The molecule has 23 heteroatoms. The number of hydrogen-bond donors (Lipinski definition) is 7. The second kappa shape index (κ2) is 12.6. The molecule has 0 aromatic heterocycles. The topological polar surface area (TPSA) is 339 Å². The Hall–Kier alpha value is -4.62. The van der Waals surface area contributed by atoms with Crippen molar-refractivity contribution in [2.45, 2.75) is 21.6 Å². The zero-order valence-electron chi connectivity index (χ0n) is 22.9. The summed E-state index contributed by atoms with van der Waals surface area (Å²) in [5.74, 6) is -1.04. The lowest BCUT2D eigenvalue weighted by molar-refractivity contribution is 0.464. The van der Waals surface area contributed by atoms with Gasteiger partial charge in [-0.3, -0.25) is 18.2 Å². The second-order valence-electron chi connectivity index (χ2n) is 9.00. The Morgan fingerprint density at radius 3 is 1.61 bits per heavy atom. The highest BCUT2D eigenvalue weighted by atomic mass is 32.2. The fourth-order valence-electron chi connectivity index (χ4n) is 3.57. The predicted octanol–water partition coefficient (Wildman–Crippen LogP) is 3.55. The molecule has 0 aliphatic heterocycles. The first kappa shape index (κ1) is 35.9. The monoisotopic (exact) mass is 718 g/mol. The van der Waals surface area contributed by atoms with Crippen LogP contribution < -0.4 is 11.5 Å². The summed E-state index contributed by atoms with van der Waals surface area (Å²) in [6.07, 6.45) is 0.554. The van der Waals surface area contributed by atoms with E-state index in [2.05, 4.69) is 27.0 Å². The van der Waals surface area contributed by atoms with E-state index in [4.69, 9.17) is 11.5 Å². The van der Waals surface area contributed by atoms with E-state index in [9.17, 15) is 57.0 Å². The third kappa shape index (κ3) is 8.34. The molecule has 3 rings (SSSR count). The highest BCUT2D eigenvalue weighted by Gasteiger charge is 2.26. The molecule has 0 heterocycles. The van der Waals surface area contributed by atoms with Crippen LogP contribution in [0.1, 0.15) is 11.1 Å². The number of rotatable bonds is 10. The summed E-state index contributed by atoms with van der Waals surface area (Å²) in [6.45, 7) is 4.44.